The van der Waals surface area contributed by atoms with Crippen LogP contribution < -0.4 is 10.6 Å². The van der Waals surface area contributed by atoms with Crippen molar-refractivity contribution < 1.29 is 9.47 Å². The van der Waals surface area contributed by atoms with Crippen molar-refractivity contribution in [1.82, 2.24) is 15.5 Å². The summed E-state index contributed by atoms with van der Waals surface area (Å²) in [7, 11) is 1.79. The summed E-state index contributed by atoms with van der Waals surface area (Å²) in [6, 6.07) is 0.404. The molecule has 1 rings (SSSR count). The zero-order valence-corrected chi connectivity index (χ0v) is 19.8. The fraction of sp³-hybridized carbons (Fsp3) is 0.947. The van der Waals surface area contributed by atoms with Gasteiger partial charge in [0.05, 0.1) is 12.1 Å². The highest BCUT2D eigenvalue weighted by Gasteiger charge is 2.32. The van der Waals surface area contributed by atoms with Crippen molar-refractivity contribution in [2.75, 3.05) is 53.0 Å². The largest absolute Gasteiger partial charge is 0.381 e. The van der Waals surface area contributed by atoms with Crippen LogP contribution in [-0.4, -0.2) is 75.5 Å². The lowest BCUT2D eigenvalue weighted by atomic mass is 9.94. The van der Waals surface area contributed by atoms with Gasteiger partial charge in [0.25, 0.3) is 0 Å². The molecule has 1 fully saturated rings. The lowest BCUT2D eigenvalue weighted by Gasteiger charge is -2.34. The van der Waals surface area contributed by atoms with E-state index < -0.39 is 0 Å². The number of guanidine groups is 1. The predicted molar refractivity (Wildman–Crippen MR) is 121 cm³/mol. The number of nitrogens with one attached hydrogen (secondary N) is 2. The molecule has 0 spiro atoms. The zero-order valence-electron chi connectivity index (χ0n) is 17.5. The molecule has 0 aliphatic carbocycles. The Kier molecular flexibility index (Phi) is 14.8. The average molecular weight is 484 g/mol. The van der Waals surface area contributed by atoms with E-state index in [1.165, 1.54) is 13.0 Å². The van der Waals surface area contributed by atoms with E-state index in [1.54, 1.807) is 7.11 Å². The Balaban J connectivity index is 0.00000625. The summed E-state index contributed by atoms with van der Waals surface area (Å²) in [6.07, 6.45) is 4.16. The Morgan fingerprint density at radius 3 is 2.42 bits per heavy atom. The fourth-order valence-electron chi connectivity index (χ4n) is 3.18. The van der Waals surface area contributed by atoms with Gasteiger partial charge in [0.1, 0.15) is 0 Å². The van der Waals surface area contributed by atoms with E-state index in [4.69, 9.17) is 14.5 Å². The maximum absolute atomic E-state index is 5.78. The molecule has 2 N–H and O–H groups in total. The van der Waals surface area contributed by atoms with Gasteiger partial charge in [0.15, 0.2) is 5.96 Å². The predicted octanol–water partition coefficient (Wildman–Crippen LogP) is 2.87. The molecule has 0 aromatic carbocycles. The summed E-state index contributed by atoms with van der Waals surface area (Å²) in [5.41, 5.74) is -0.174. The Bertz CT molecular complexity index is 373. The van der Waals surface area contributed by atoms with Crippen molar-refractivity contribution in [3.8, 4) is 0 Å². The van der Waals surface area contributed by atoms with Crippen LogP contribution in [0.3, 0.4) is 0 Å². The Labute approximate surface area is 177 Å². The maximum atomic E-state index is 5.78. The molecule has 1 heterocycles. The summed E-state index contributed by atoms with van der Waals surface area (Å²) in [5.74, 6) is 0.890. The molecule has 6 nitrogen and oxygen atoms in total. The van der Waals surface area contributed by atoms with E-state index in [-0.39, 0.29) is 29.6 Å². The third-order valence-electron chi connectivity index (χ3n) is 5.10. The second-order valence-electron chi connectivity index (χ2n) is 6.91. The first-order valence-corrected chi connectivity index (χ1v) is 9.99. The molecule has 0 aromatic rings. The van der Waals surface area contributed by atoms with E-state index in [0.29, 0.717) is 12.6 Å². The SMILES string of the molecule is CCNC(=NCC1(OC)CCOCC1)NC(C)CCCN(CC)CC.I. The van der Waals surface area contributed by atoms with Gasteiger partial charge in [0, 0.05) is 45.8 Å². The van der Waals surface area contributed by atoms with E-state index >= 15 is 0 Å². The summed E-state index contributed by atoms with van der Waals surface area (Å²) < 4.78 is 11.2. The average Bonchev–Trinajstić information content (AvgIpc) is 2.64. The molecule has 0 aromatic heterocycles. The molecule has 1 atom stereocenters. The molecule has 1 saturated heterocycles. The van der Waals surface area contributed by atoms with Gasteiger partial charge >= 0.3 is 0 Å². The monoisotopic (exact) mass is 484 g/mol. The number of halogens is 1. The molecule has 0 saturated carbocycles. The number of methoxy groups -OCH3 is 1. The van der Waals surface area contributed by atoms with Crippen LogP contribution in [0, 0.1) is 0 Å². The minimum Gasteiger partial charge on any atom is -0.381 e. The van der Waals surface area contributed by atoms with Crippen LogP contribution >= 0.6 is 24.0 Å². The highest BCUT2D eigenvalue weighted by atomic mass is 127. The lowest BCUT2D eigenvalue weighted by molar-refractivity contribution is -0.0828. The number of nitrogens with zero attached hydrogens (tertiary/aromatic N) is 2. The highest BCUT2D eigenvalue weighted by molar-refractivity contribution is 14.0. The first-order valence-electron chi connectivity index (χ1n) is 9.99. The molecule has 0 amide bonds. The molecule has 26 heavy (non-hydrogen) atoms. The van der Waals surface area contributed by atoms with E-state index in [0.717, 1.165) is 58.1 Å². The summed E-state index contributed by atoms with van der Waals surface area (Å²) in [4.78, 5) is 7.27. The molecule has 0 radical (unpaired) electrons. The number of hydrogen-bond acceptors (Lipinski definition) is 4. The third-order valence-corrected chi connectivity index (χ3v) is 5.10. The fourth-order valence-corrected chi connectivity index (χ4v) is 3.18. The maximum Gasteiger partial charge on any atom is 0.191 e. The van der Waals surface area contributed by atoms with Crippen molar-refractivity contribution in [2.24, 2.45) is 4.99 Å². The van der Waals surface area contributed by atoms with Crippen molar-refractivity contribution in [3.63, 3.8) is 0 Å². The molecule has 1 unspecified atom stereocenters. The van der Waals surface area contributed by atoms with Gasteiger partial charge in [-0.1, -0.05) is 13.8 Å². The van der Waals surface area contributed by atoms with Crippen LogP contribution in [0.1, 0.15) is 53.4 Å². The summed E-state index contributed by atoms with van der Waals surface area (Å²) in [6.45, 7) is 15.3. The first-order chi connectivity index (χ1) is 12.1. The minimum absolute atomic E-state index is 0. The molecule has 1 aliphatic rings. The van der Waals surface area contributed by atoms with Crippen LogP contribution in [-0.2, 0) is 9.47 Å². The zero-order chi connectivity index (χ0) is 18.5. The first kappa shape index (κ1) is 25.9. The Hall–Kier alpha value is -0.120. The highest BCUT2D eigenvalue weighted by Crippen LogP contribution is 2.24. The summed E-state index contributed by atoms with van der Waals surface area (Å²) >= 11 is 0. The van der Waals surface area contributed by atoms with E-state index in [1.807, 2.05) is 0 Å². The Morgan fingerprint density at radius 1 is 1.23 bits per heavy atom. The molecule has 7 heteroatoms. The minimum atomic E-state index is -0.174. The van der Waals surface area contributed by atoms with Gasteiger partial charge in [-0.2, -0.15) is 0 Å². The number of hydrogen-bond donors (Lipinski definition) is 2. The molecule has 156 valence electrons. The van der Waals surface area contributed by atoms with Gasteiger partial charge in [-0.25, -0.2) is 0 Å². The van der Waals surface area contributed by atoms with Gasteiger partial charge in [-0.3, -0.25) is 4.99 Å². The van der Waals surface area contributed by atoms with Crippen molar-refractivity contribution in [3.05, 3.63) is 0 Å². The van der Waals surface area contributed by atoms with Crippen LogP contribution in [0.15, 0.2) is 4.99 Å². The van der Waals surface area contributed by atoms with Gasteiger partial charge < -0.3 is 25.0 Å². The molecule has 0 bridgehead atoms. The van der Waals surface area contributed by atoms with Gasteiger partial charge in [0.2, 0.25) is 0 Å². The normalized spacial score (nSPS) is 18.3. The topological polar surface area (TPSA) is 58.1 Å². The van der Waals surface area contributed by atoms with Crippen LogP contribution in [0.4, 0.5) is 0 Å². The van der Waals surface area contributed by atoms with Crippen LogP contribution in [0.5, 0.6) is 0 Å². The van der Waals surface area contributed by atoms with Gasteiger partial charge in [-0.15, -0.1) is 24.0 Å². The number of aliphatic imine (C=N–C) groups is 1. The Morgan fingerprint density at radius 2 is 1.88 bits per heavy atom. The third kappa shape index (κ3) is 9.71. The van der Waals surface area contributed by atoms with Crippen LogP contribution in [0.2, 0.25) is 0 Å². The smallest absolute Gasteiger partial charge is 0.191 e. The second-order valence-corrected chi connectivity index (χ2v) is 6.91. The van der Waals surface area contributed by atoms with E-state index in [2.05, 4.69) is 43.2 Å². The van der Waals surface area contributed by atoms with Crippen molar-refractivity contribution in [2.45, 2.75) is 65.0 Å². The van der Waals surface area contributed by atoms with Crippen molar-refractivity contribution in [1.29, 1.82) is 0 Å². The van der Waals surface area contributed by atoms with Crippen LogP contribution in [0.25, 0.3) is 0 Å². The number of ether oxygens (including phenoxy) is 2. The quantitative estimate of drug-likeness (QED) is 0.268. The second kappa shape index (κ2) is 14.9. The lowest BCUT2D eigenvalue weighted by Crippen LogP contribution is -2.45. The molecular formula is C19H41IN4O2. The summed E-state index contributed by atoms with van der Waals surface area (Å²) in [5, 5.41) is 6.90. The van der Waals surface area contributed by atoms with Crippen molar-refractivity contribution >= 4 is 29.9 Å². The van der Waals surface area contributed by atoms with Gasteiger partial charge in [-0.05, 0) is 46.3 Å². The molecule has 1 aliphatic heterocycles. The number of rotatable bonds is 11. The molecular weight excluding hydrogens is 443 g/mol. The standard InChI is InChI=1S/C19H40N4O2.HI/c1-6-20-18(21-16-19(24-5)11-14-25-15-12-19)22-17(4)10-9-13-23(7-2)8-3;/h17H,6-16H2,1-5H3,(H2,20,21,22);1H. The van der Waals surface area contributed by atoms with E-state index in [9.17, 15) is 0 Å².